The Bertz CT molecular complexity index is 868. The van der Waals surface area contributed by atoms with E-state index in [-0.39, 0.29) is 21.2 Å². The lowest BCUT2D eigenvalue weighted by atomic mass is 10.1. The summed E-state index contributed by atoms with van der Waals surface area (Å²) in [6.07, 6.45) is 0. The second-order valence-corrected chi connectivity index (χ2v) is 6.79. The van der Waals surface area contributed by atoms with Crippen LogP contribution in [0.15, 0.2) is 41.3 Å². The number of hydrogen-bond acceptors (Lipinski definition) is 4. The fraction of sp³-hybridized carbons (Fsp3) is 0.133. The number of benzene rings is 2. The number of anilines is 1. The van der Waals surface area contributed by atoms with Crippen LogP contribution in [0.1, 0.15) is 15.9 Å². The van der Waals surface area contributed by atoms with Gasteiger partial charge in [0, 0.05) is 0 Å². The molecule has 0 amide bonds. The van der Waals surface area contributed by atoms with Crippen LogP contribution in [-0.4, -0.2) is 21.5 Å². The van der Waals surface area contributed by atoms with Gasteiger partial charge in [-0.15, -0.1) is 0 Å². The monoisotopic (exact) mass is 357 g/mol. The molecular formula is C15H13ClFNO4S. The molecule has 0 aliphatic rings. The number of aryl methyl sites for hydroxylation is 1. The molecule has 2 rings (SSSR count). The number of esters is 1. The molecule has 0 saturated heterocycles. The van der Waals surface area contributed by atoms with Gasteiger partial charge in [-0.1, -0.05) is 17.7 Å². The zero-order chi connectivity index (χ0) is 17.2. The van der Waals surface area contributed by atoms with Crippen molar-refractivity contribution in [1.82, 2.24) is 0 Å². The van der Waals surface area contributed by atoms with Crippen molar-refractivity contribution in [2.24, 2.45) is 0 Å². The first-order valence-electron chi connectivity index (χ1n) is 6.41. The molecule has 0 aliphatic carbocycles. The zero-order valence-electron chi connectivity index (χ0n) is 12.3. The average Bonchev–Trinajstić information content (AvgIpc) is 2.50. The first-order chi connectivity index (χ1) is 10.7. The maximum atomic E-state index is 13.1. The maximum Gasteiger partial charge on any atom is 0.338 e. The van der Waals surface area contributed by atoms with Crippen LogP contribution in [0.25, 0.3) is 0 Å². The number of sulfonamides is 1. The molecule has 0 unspecified atom stereocenters. The van der Waals surface area contributed by atoms with Crippen LogP contribution >= 0.6 is 11.6 Å². The number of nitrogens with one attached hydrogen (secondary N) is 1. The summed E-state index contributed by atoms with van der Waals surface area (Å²) in [6, 6.07) is 7.52. The summed E-state index contributed by atoms with van der Waals surface area (Å²) in [5.74, 6) is -1.29. The van der Waals surface area contributed by atoms with E-state index in [1.807, 2.05) is 0 Å². The summed E-state index contributed by atoms with van der Waals surface area (Å²) in [6.45, 7) is 1.66. The van der Waals surface area contributed by atoms with E-state index in [0.29, 0.717) is 5.56 Å². The second kappa shape index (κ2) is 6.55. The third kappa shape index (κ3) is 3.80. The highest BCUT2D eigenvalue weighted by Gasteiger charge is 2.19. The third-order valence-corrected chi connectivity index (χ3v) is 4.77. The van der Waals surface area contributed by atoms with Crippen LogP contribution in [-0.2, 0) is 14.8 Å². The van der Waals surface area contributed by atoms with Gasteiger partial charge in [0.25, 0.3) is 10.0 Å². The van der Waals surface area contributed by atoms with E-state index in [1.165, 1.54) is 31.4 Å². The van der Waals surface area contributed by atoms with Crippen molar-refractivity contribution in [3.8, 4) is 0 Å². The van der Waals surface area contributed by atoms with Crippen molar-refractivity contribution >= 4 is 33.3 Å². The number of rotatable bonds is 4. The largest absolute Gasteiger partial charge is 0.465 e. The van der Waals surface area contributed by atoms with Crippen molar-refractivity contribution in [2.45, 2.75) is 11.8 Å². The van der Waals surface area contributed by atoms with E-state index in [9.17, 15) is 17.6 Å². The Morgan fingerprint density at radius 2 is 1.91 bits per heavy atom. The molecule has 23 heavy (non-hydrogen) atoms. The molecule has 2 aromatic rings. The quantitative estimate of drug-likeness (QED) is 0.851. The number of methoxy groups -OCH3 is 1. The predicted octanol–water partition coefficient (Wildman–Crippen LogP) is 3.37. The molecule has 0 heterocycles. The maximum absolute atomic E-state index is 13.1. The van der Waals surface area contributed by atoms with Gasteiger partial charge in [0.1, 0.15) is 5.82 Å². The smallest absolute Gasteiger partial charge is 0.338 e. The lowest BCUT2D eigenvalue weighted by molar-refractivity contribution is 0.0599. The lowest BCUT2D eigenvalue weighted by Crippen LogP contribution is -2.14. The topological polar surface area (TPSA) is 72.5 Å². The number of halogens is 2. The standard InChI is InChI=1S/C15H13ClFNO4S/c1-9-3-5-11(8-12(9)15(19)22-2)23(20,21)18-10-4-6-14(17)13(16)7-10/h3-8,18H,1-2H3. The van der Waals surface area contributed by atoms with E-state index >= 15 is 0 Å². The minimum absolute atomic E-state index is 0.108. The Balaban J connectivity index is 2.39. The molecule has 0 saturated carbocycles. The second-order valence-electron chi connectivity index (χ2n) is 4.70. The summed E-state index contributed by atoms with van der Waals surface area (Å²) >= 11 is 5.62. The number of carbonyl (C=O) groups excluding carboxylic acids is 1. The van der Waals surface area contributed by atoms with Crippen molar-refractivity contribution in [3.63, 3.8) is 0 Å². The van der Waals surface area contributed by atoms with Gasteiger partial charge in [-0.05, 0) is 42.8 Å². The molecule has 1 N–H and O–H groups in total. The van der Waals surface area contributed by atoms with Gasteiger partial charge in [-0.2, -0.15) is 0 Å². The fourth-order valence-corrected chi connectivity index (χ4v) is 3.13. The van der Waals surface area contributed by atoms with E-state index in [2.05, 4.69) is 9.46 Å². The molecule has 0 aromatic heterocycles. The van der Waals surface area contributed by atoms with Gasteiger partial charge < -0.3 is 4.74 Å². The van der Waals surface area contributed by atoms with E-state index < -0.39 is 21.8 Å². The van der Waals surface area contributed by atoms with Crippen LogP contribution in [0.2, 0.25) is 5.02 Å². The Morgan fingerprint density at radius 3 is 2.52 bits per heavy atom. The minimum Gasteiger partial charge on any atom is -0.465 e. The summed E-state index contributed by atoms with van der Waals surface area (Å²) in [4.78, 5) is 11.5. The Morgan fingerprint density at radius 1 is 1.22 bits per heavy atom. The molecule has 0 aliphatic heterocycles. The van der Waals surface area contributed by atoms with Crippen LogP contribution in [0.4, 0.5) is 10.1 Å². The molecule has 5 nitrogen and oxygen atoms in total. The summed E-state index contributed by atoms with van der Waals surface area (Å²) in [5.41, 5.74) is 0.838. The molecule has 2 aromatic carbocycles. The Hall–Kier alpha value is -2.12. The fourth-order valence-electron chi connectivity index (χ4n) is 1.87. The molecule has 122 valence electrons. The van der Waals surface area contributed by atoms with Crippen LogP contribution < -0.4 is 4.72 Å². The lowest BCUT2D eigenvalue weighted by Gasteiger charge is -2.11. The van der Waals surface area contributed by atoms with E-state index in [4.69, 9.17) is 11.6 Å². The molecule has 0 bridgehead atoms. The first-order valence-corrected chi connectivity index (χ1v) is 8.27. The molecule has 0 spiro atoms. The zero-order valence-corrected chi connectivity index (χ0v) is 13.8. The van der Waals surface area contributed by atoms with Gasteiger partial charge in [-0.25, -0.2) is 17.6 Å². The van der Waals surface area contributed by atoms with Crippen LogP contribution in [0.3, 0.4) is 0 Å². The molecule has 0 fully saturated rings. The van der Waals surface area contributed by atoms with Crippen molar-refractivity contribution < 1.29 is 22.3 Å². The number of ether oxygens (including phenoxy) is 1. The summed E-state index contributed by atoms with van der Waals surface area (Å²) in [7, 11) is -2.75. The Kier molecular flexibility index (Phi) is 4.91. The van der Waals surface area contributed by atoms with Gasteiger partial charge in [-0.3, -0.25) is 4.72 Å². The average molecular weight is 358 g/mol. The third-order valence-electron chi connectivity index (χ3n) is 3.10. The molecule has 0 atom stereocenters. The first kappa shape index (κ1) is 17.2. The van der Waals surface area contributed by atoms with E-state index in [1.54, 1.807) is 6.92 Å². The summed E-state index contributed by atoms with van der Waals surface area (Å²) in [5, 5.41) is -0.204. The highest BCUT2D eigenvalue weighted by molar-refractivity contribution is 7.92. The van der Waals surface area contributed by atoms with Crippen LogP contribution in [0, 0.1) is 12.7 Å². The Labute approximate surface area is 138 Å². The van der Waals surface area contributed by atoms with Crippen molar-refractivity contribution in [1.29, 1.82) is 0 Å². The predicted molar refractivity (Wildman–Crippen MR) is 84.7 cm³/mol. The molecular weight excluding hydrogens is 345 g/mol. The van der Waals surface area contributed by atoms with Gasteiger partial charge >= 0.3 is 5.97 Å². The number of hydrogen-bond donors (Lipinski definition) is 1. The highest BCUT2D eigenvalue weighted by Crippen LogP contribution is 2.23. The molecule has 0 radical (unpaired) electrons. The normalized spacial score (nSPS) is 11.1. The summed E-state index contributed by atoms with van der Waals surface area (Å²) < 4.78 is 44.8. The highest BCUT2D eigenvalue weighted by atomic mass is 35.5. The van der Waals surface area contributed by atoms with Crippen molar-refractivity contribution in [2.75, 3.05) is 11.8 Å². The van der Waals surface area contributed by atoms with Gasteiger partial charge in [0.15, 0.2) is 0 Å². The van der Waals surface area contributed by atoms with Gasteiger partial charge in [0.05, 0.1) is 28.3 Å². The van der Waals surface area contributed by atoms with E-state index in [0.717, 1.165) is 12.1 Å². The molecule has 8 heteroatoms. The minimum atomic E-state index is -3.96. The van der Waals surface area contributed by atoms with Crippen molar-refractivity contribution in [3.05, 3.63) is 58.4 Å². The SMILES string of the molecule is COC(=O)c1cc(S(=O)(=O)Nc2ccc(F)c(Cl)c2)ccc1C. The number of carbonyl (C=O) groups is 1. The van der Waals surface area contributed by atoms with Gasteiger partial charge in [0.2, 0.25) is 0 Å². The van der Waals surface area contributed by atoms with Crippen LogP contribution in [0.5, 0.6) is 0 Å².